The van der Waals surface area contributed by atoms with E-state index in [1.54, 1.807) is 49.6 Å². The number of nitrogens with zero attached hydrogens (tertiary/aromatic N) is 4. The molecule has 0 atom stereocenters. The minimum Gasteiger partial charge on any atom is -0.265 e. The van der Waals surface area contributed by atoms with Gasteiger partial charge in [-0.25, -0.2) is 0 Å². The van der Waals surface area contributed by atoms with Gasteiger partial charge >= 0.3 is 0 Å². The largest absolute Gasteiger partial charge is 0.265 e. The average molecular weight is 389 g/mol. The summed E-state index contributed by atoms with van der Waals surface area (Å²) in [5.41, 5.74) is 0.500. The fourth-order valence-corrected chi connectivity index (χ4v) is 1.25. The van der Waals surface area contributed by atoms with Crippen LogP contribution in [-0.2, 0) is 0 Å². The summed E-state index contributed by atoms with van der Waals surface area (Å²) < 4.78 is 0. The van der Waals surface area contributed by atoms with Gasteiger partial charge in [-0.05, 0) is 53.9 Å². The lowest BCUT2D eigenvalue weighted by atomic mass is 10.0. The van der Waals surface area contributed by atoms with E-state index in [9.17, 15) is 0 Å². The fourth-order valence-electron chi connectivity index (χ4n) is 1.25. The van der Waals surface area contributed by atoms with Gasteiger partial charge in [0.05, 0.1) is 0 Å². The molecule has 4 aromatic heterocycles. The molecule has 0 N–H and O–H groups in total. The molecule has 0 aromatic carbocycles. The number of hydrogen-bond acceptors (Lipinski definition) is 4. The van der Waals surface area contributed by atoms with Gasteiger partial charge in [0, 0.05) is 49.6 Å². The predicted molar refractivity (Wildman–Crippen MR) is 122 cm³/mol. The van der Waals surface area contributed by atoms with Crippen molar-refractivity contribution in [2.75, 3.05) is 0 Å². The Kier molecular flexibility index (Phi) is 17.1. The van der Waals surface area contributed by atoms with Crippen molar-refractivity contribution in [1.29, 1.82) is 0 Å². The SMILES string of the molecule is CC(C)(C)C.c1ccncc1.c1ccncc1.c1ccncc1.c1ccncc1. The molecule has 0 bridgehead atoms. The Bertz CT molecular complexity index is 505. The van der Waals surface area contributed by atoms with Crippen molar-refractivity contribution in [3.63, 3.8) is 0 Å². The minimum absolute atomic E-state index is 0.500. The zero-order valence-corrected chi connectivity index (χ0v) is 17.8. The van der Waals surface area contributed by atoms with Crippen molar-refractivity contribution in [1.82, 2.24) is 19.9 Å². The van der Waals surface area contributed by atoms with Crippen LogP contribution in [0.2, 0.25) is 0 Å². The van der Waals surface area contributed by atoms with Crippen LogP contribution in [-0.4, -0.2) is 19.9 Å². The summed E-state index contributed by atoms with van der Waals surface area (Å²) in [6, 6.07) is 22.9. The van der Waals surface area contributed by atoms with Crippen LogP contribution in [0.15, 0.2) is 122 Å². The molecule has 0 radical (unpaired) electrons. The average Bonchev–Trinajstić information content (AvgIpc) is 2.79. The molecule has 4 heteroatoms. The maximum atomic E-state index is 3.78. The van der Waals surface area contributed by atoms with Crippen LogP contribution in [0.4, 0.5) is 0 Å². The lowest BCUT2D eigenvalue weighted by Gasteiger charge is -2.05. The van der Waals surface area contributed by atoms with Crippen LogP contribution in [0.3, 0.4) is 0 Å². The van der Waals surface area contributed by atoms with Crippen LogP contribution in [0, 0.1) is 5.41 Å². The maximum Gasteiger partial charge on any atom is 0.0267 e. The number of hydrogen-bond donors (Lipinski definition) is 0. The maximum absolute atomic E-state index is 3.78. The standard InChI is InChI=1S/4C5H5N.C5H12/c4*1-2-4-6-5-3-1;1-5(2,3)4/h4*1-5H;1-4H3. The Labute approximate surface area is 175 Å². The van der Waals surface area contributed by atoms with Crippen LogP contribution < -0.4 is 0 Å². The second kappa shape index (κ2) is 19.4. The highest BCUT2D eigenvalue weighted by Crippen LogP contribution is 2.08. The quantitative estimate of drug-likeness (QED) is 0.351. The third-order valence-corrected chi connectivity index (χ3v) is 2.27. The summed E-state index contributed by atoms with van der Waals surface area (Å²) in [6.45, 7) is 8.75. The number of pyridine rings is 4. The van der Waals surface area contributed by atoms with Crippen molar-refractivity contribution in [3.05, 3.63) is 122 Å². The molecular weight excluding hydrogens is 356 g/mol. The van der Waals surface area contributed by atoms with Gasteiger partial charge in [0.15, 0.2) is 0 Å². The molecule has 0 aliphatic carbocycles. The molecule has 4 aromatic rings. The first kappa shape index (κ1) is 25.6. The molecule has 0 saturated heterocycles. The number of rotatable bonds is 0. The van der Waals surface area contributed by atoms with Crippen molar-refractivity contribution in [2.24, 2.45) is 5.41 Å². The highest BCUT2D eigenvalue weighted by atomic mass is 14.6. The Hall–Kier alpha value is -3.40. The third-order valence-electron chi connectivity index (χ3n) is 2.27. The molecule has 0 aliphatic heterocycles. The molecule has 4 nitrogen and oxygen atoms in total. The van der Waals surface area contributed by atoms with E-state index >= 15 is 0 Å². The molecule has 0 saturated carbocycles. The van der Waals surface area contributed by atoms with E-state index in [4.69, 9.17) is 0 Å². The summed E-state index contributed by atoms with van der Waals surface area (Å²) in [7, 11) is 0. The van der Waals surface area contributed by atoms with E-state index in [2.05, 4.69) is 47.6 Å². The van der Waals surface area contributed by atoms with Crippen molar-refractivity contribution >= 4 is 0 Å². The molecular formula is C25H32N4. The summed E-state index contributed by atoms with van der Waals surface area (Å²) in [5.74, 6) is 0. The van der Waals surface area contributed by atoms with Gasteiger partial charge in [0.25, 0.3) is 0 Å². The highest BCUT2D eigenvalue weighted by Gasteiger charge is 1.95. The molecule has 4 heterocycles. The molecule has 0 aliphatic rings. The van der Waals surface area contributed by atoms with Crippen molar-refractivity contribution in [2.45, 2.75) is 27.7 Å². The zero-order chi connectivity index (χ0) is 21.5. The topological polar surface area (TPSA) is 51.6 Å². The van der Waals surface area contributed by atoms with Gasteiger partial charge < -0.3 is 0 Å². The van der Waals surface area contributed by atoms with Crippen LogP contribution in [0.5, 0.6) is 0 Å². The van der Waals surface area contributed by atoms with E-state index in [1.807, 2.05) is 72.8 Å². The van der Waals surface area contributed by atoms with Crippen LogP contribution >= 0.6 is 0 Å². The first-order chi connectivity index (χ1) is 14.0. The molecule has 29 heavy (non-hydrogen) atoms. The Morgan fingerprint density at radius 1 is 0.310 bits per heavy atom. The molecule has 0 spiro atoms. The summed E-state index contributed by atoms with van der Waals surface area (Å²) in [5, 5.41) is 0. The van der Waals surface area contributed by atoms with Crippen molar-refractivity contribution in [3.8, 4) is 0 Å². The Morgan fingerprint density at radius 2 is 0.448 bits per heavy atom. The predicted octanol–water partition coefficient (Wildman–Crippen LogP) is 6.38. The van der Waals surface area contributed by atoms with Crippen LogP contribution in [0.25, 0.3) is 0 Å². The van der Waals surface area contributed by atoms with Gasteiger partial charge in [-0.2, -0.15) is 0 Å². The van der Waals surface area contributed by atoms with Crippen LogP contribution in [0.1, 0.15) is 27.7 Å². The lowest BCUT2D eigenvalue weighted by Crippen LogP contribution is -1.93. The van der Waals surface area contributed by atoms with E-state index in [0.717, 1.165) is 0 Å². The molecule has 0 unspecified atom stereocenters. The summed E-state index contributed by atoms with van der Waals surface area (Å²) in [6.07, 6.45) is 14.0. The molecule has 0 fully saturated rings. The molecule has 152 valence electrons. The van der Waals surface area contributed by atoms with Gasteiger partial charge in [0.1, 0.15) is 0 Å². The molecule has 4 rings (SSSR count). The lowest BCUT2D eigenvalue weighted by molar-refractivity contribution is 0.469. The summed E-state index contributed by atoms with van der Waals surface area (Å²) in [4.78, 5) is 15.1. The zero-order valence-electron chi connectivity index (χ0n) is 17.8. The highest BCUT2D eigenvalue weighted by molar-refractivity contribution is 4.89. The fraction of sp³-hybridized carbons (Fsp3) is 0.200. The number of aromatic nitrogens is 4. The van der Waals surface area contributed by atoms with Gasteiger partial charge in [-0.3, -0.25) is 19.9 Å². The second-order valence-electron chi connectivity index (χ2n) is 7.10. The Morgan fingerprint density at radius 3 is 0.483 bits per heavy atom. The van der Waals surface area contributed by atoms with E-state index < -0.39 is 0 Å². The van der Waals surface area contributed by atoms with Gasteiger partial charge in [-0.15, -0.1) is 0 Å². The van der Waals surface area contributed by atoms with Gasteiger partial charge in [0.2, 0.25) is 0 Å². The first-order valence-corrected chi connectivity index (χ1v) is 9.40. The second-order valence-corrected chi connectivity index (χ2v) is 7.10. The minimum atomic E-state index is 0.500. The van der Waals surface area contributed by atoms with E-state index in [1.165, 1.54) is 0 Å². The smallest absolute Gasteiger partial charge is 0.0267 e. The molecule has 0 amide bonds. The third kappa shape index (κ3) is 29.6. The van der Waals surface area contributed by atoms with E-state index in [0.29, 0.717) is 5.41 Å². The normalized spacial score (nSPS) is 8.69. The monoisotopic (exact) mass is 388 g/mol. The summed E-state index contributed by atoms with van der Waals surface area (Å²) >= 11 is 0. The first-order valence-electron chi connectivity index (χ1n) is 9.40. The van der Waals surface area contributed by atoms with E-state index in [-0.39, 0.29) is 0 Å². The van der Waals surface area contributed by atoms with Crippen molar-refractivity contribution < 1.29 is 0 Å². The van der Waals surface area contributed by atoms with Gasteiger partial charge in [-0.1, -0.05) is 52.0 Å². The Balaban J connectivity index is 0.000000339.